The van der Waals surface area contributed by atoms with Crippen molar-refractivity contribution < 1.29 is 8.76 Å². The molecule has 0 aliphatic rings. The van der Waals surface area contributed by atoms with E-state index in [0.29, 0.717) is 12.4 Å². The lowest BCUT2D eigenvalue weighted by molar-refractivity contribution is 0.431. The Labute approximate surface area is 145 Å². The van der Waals surface area contributed by atoms with E-state index < -0.39 is 11.3 Å². The molecular formula is C18H21N3O2S. The molecule has 1 heterocycles. The largest absolute Gasteiger partial charge is 0.313 e. The molecule has 24 heavy (non-hydrogen) atoms. The van der Waals surface area contributed by atoms with E-state index in [-0.39, 0.29) is 5.54 Å². The Kier molecular flexibility index (Phi) is 6.10. The molecule has 2 N–H and O–H groups in total. The summed E-state index contributed by atoms with van der Waals surface area (Å²) in [5.74, 6) is 6.53. The Morgan fingerprint density at radius 1 is 1.17 bits per heavy atom. The summed E-state index contributed by atoms with van der Waals surface area (Å²) in [6.07, 6.45) is 1.61. The van der Waals surface area contributed by atoms with Gasteiger partial charge < -0.3 is 5.32 Å². The Morgan fingerprint density at radius 3 is 2.38 bits per heavy atom. The first-order valence-electron chi connectivity index (χ1n) is 7.52. The number of anilines is 1. The SMILES string of the molecule is CNC(C)(C)CN(c1ccc(C#Cc2ccccc2)cn1)S(=O)O. The van der Waals surface area contributed by atoms with Crippen LogP contribution in [-0.4, -0.2) is 32.9 Å². The van der Waals surface area contributed by atoms with Gasteiger partial charge in [0.15, 0.2) is 0 Å². The Balaban J connectivity index is 2.18. The second-order valence-corrected chi connectivity index (χ2v) is 6.82. The molecule has 0 radical (unpaired) electrons. The van der Waals surface area contributed by atoms with E-state index in [1.54, 1.807) is 18.3 Å². The summed E-state index contributed by atoms with van der Waals surface area (Å²) >= 11 is -2.15. The van der Waals surface area contributed by atoms with Crippen molar-refractivity contribution in [3.05, 3.63) is 59.8 Å². The standard InChI is InChI=1S/C18H21N3O2S/c1-18(2,19-3)14-21(24(22)23)17-12-11-16(13-20-17)10-9-15-7-5-4-6-8-15/h4-8,11-13,19H,14H2,1-3H3,(H,22,23). The molecule has 0 aliphatic heterocycles. The summed E-state index contributed by atoms with van der Waals surface area (Å²) in [4.78, 5) is 4.27. The minimum absolute atomic E-state index is 0.328. The van der Waals surface area contributed by atoms with Crippen molar-refractivity contribution in [2.24, 2.45) is 0 Å². The molecule has 0 spiro atoms. The Morgan fingerprint density at radius 2 is 1.83 bits per heavy atom. The summed E-state index contributed by atoms with van der Waals surface area (Å²) in [6, 6.07) is 13.2. The van der Waals surface area contributed by atoms with Gasteiger partial charge in [-0.25, -0.2) is 9.19 Å². The molecule has 2 rings (SSSR count). The smallest absolute Gasteiger partial charge is 0.263 e. The normalized spacial score (nSPS) is 12.2. The molecule has 126 valence electrons. The van der Waals surface area contributed by atoms with Gasteiger partial charge in [-0.3, -0.25) is 8.86 Å². The zero-order valence-electron chi connectivity index (χ0n) is 14.0. The van der Waals surface area contributed by atoms with Gasteiger partial charge in [-0.15, -0.1) is 0 Å². The van der Waals surface area contributed by atoms with Gasteiger partial charge in [-0.1, -0.05) is 30.0 Å². The van der Waals surface area contributed by atoms with E-state index in [1.165, 1.54) is 4.31 Å². The van der Waals surface area contributed by atoms with Crippen LogP contribution in [0.3, 0.4) is 0 Å². The number of benzene rings is 1. The predicted octanol–water partition coefficient (Wildman–Crippen LogP) is 2.42. The molecule has 2 aromatic rings. The van der Waals surface area contributed by atoms with E-state index in [2.05, 4.69) is 22.1 Å². The second-order valence-electron chi connectivity index (χ2n) is 5.92. The van der Waals surface area contributed by atoms with Crippen LogP contribution in [0.5, 0.6) is 0 Å². The number of nitrogens with zero attached hydrogens (tertiary/aromatic N) is 2. The van der Waals surface area contributed by atoms with Crippen LogP contribution >= 0.6 is 0 Å². The van der Waals surface area contributed by atoms with Crippen molar-refractivity contribution in [1.29, 1.82) is 0 Å². The predicted molar refractivity (Wildman–Crippen MR) is 97.9 cm³/mol. The van der Waals surface area contributed by atoms with E-state index in [0.717, 1.165) is 11.1 Å². The fraction of sp³-hybridized carbons (Fsp3) is 0.278. The Hall–Kier alpha value is -2.20. The van der Waals surface area contributed by atoms with Gasteiger partial charge in [0, 0.05) is 22.9 Å². The van der Waals surface area contributed by atoms with Crippen LogP contribution in [-0.2, 0) is 11.3 Å². The zero-order valence-corrected chi connectivity index (χ0v) is 14.8. The van der Waals surface area contributed by atoms with Gasteiger partial charge in [0.25, 0.3) is 11.3 Å². The van der Waals surface area contributed by atoms with Crippen LogP contribution in [0.1, 0.15) is 25.0 Å². The van der Waals surface area contributed by atoms with Gasteiger partial charge in [0.2, 0.25) is 0 Å². The first kappa shape index (κ1) is 18.1. The number of likely N-dealkylation sites (N-methyl/N-ethyl adjacent to an activating group) is 1. The third-order valence-electron chi connectivity index (χ3n) is 3.53. The molecule has 6 heteroatoms. The first-order chi connectivity index (χ1) is 11.4. The summed E-state index contributed by atoms with van der Waals surface area (Å²) in [6.45, 7) is 4.24. The molecule has 0 saturated carbocycles. The number of aromatic nitrogens is 1. The van der Waals surface area contributed by atoms with E-state index in [4.69, 9.17) is 0 Å². The van der Waals surface area contributed by atoms with Crippen LogP contribution in [0.2, 0.25) is 0 Å². The summed E-state index contributed by atoms with van der Waals surface area (Å²) < 4.78 is 22.5. The fourth-order valence-corrected chi connectivity index (χ4v) is 2.63. The van der Waals surface area contributed by atoms with Gasteiger partial charge in [0.1, 0.15) is 5.82 Å². The summed E-state index contributed by atoms with van der Waals surface area (Å²) in [5.41, 5.74) is 1.35. The second kappa shape index (κ2) is 8.06. The van der Waals surface area contributed by atoms with Gasteiger partial charge >= 0.3 is 0 Å². The highest BCUT2D eigenvalue weighted by Gasteiger charge is 2.24. The molecule has 1 aromatic carbocycles. The lowest BCUT2D eigenvalue weighted by Gasteiger charge is -2.30. The number of pyridine rings is 1. The highest BCUT2D eigenvalue weighted by Crippen LogP contribution is 2.16. The van der Waals surface area contributed by atoms with Crippen molar-refractivity contribution >= 4 is 17.1 Å². The number of hydrogen-bond acceptors (Lipinski definition) is 3. The van der Waals surface area contributed by atoms with Crippen molar-refractivity contribution in [3.63, 3.8) is 0 Å². The molecule has 0 fully saturated rings. The summed E-state index contributed by atoms with van der Waals surface area (Å²) in [5, 5.41) is 3.11. The average Bonchev–Trinajstić information content (AvgIpc) is 2.59. The zero-order chi connectivity index (χ0) is 17.6. The molecule has 5 nitrogen and oxygen atoms in total. The quantitative estimate of drug-likeness (QED) is 0.646. The molecule has 1 atom stereocenters. The van der Waals surface area contributed by atoms with E-state index in [1.807, 2.05) is 51.2 Å². The minimum Gasteiger partial charge on any atom is -0.313 e. The maximum absolute atomic E-state index is 11.6. The minimum atomic E-state index is -2.15. The average molecular weight is 343 g/mol. The van der Waals surface area contributed by atoms with Crippen LogP contribution in [0.15, 0.2) is 48.7 Å². The third-order valence-corrected chi connectivity index (χ3v) is 4.23. The van der Waals surface area contributed by atoms with Gasteiger partial charge in [-0.2, -0.15) is 0 Å². The maximum Gasteiger partial charge on any atom is 0.263 e. The summed E-state index contributed by atoms with van der Waals surface area (Å²) in [7, 11) is 1.81. The van der Waals surface area contributed by atoms with Crippen molar-refractivity contribution in [1.82, 2.24) is 10.3 Å². The highest BCUT2D eigenvalue weighted by atomic mass is 32.2. The van der Waals surface area contributed by atoms with Gasteiger partial charge in [-0.05, 0) is 45.2 Å². The molecule has 0 saturated heterocycles. The van der Waals surface area contributed by atoms with Crippen LogP contribution in [0.25, 0.3) is 0 Å². The first-order valence-corrected chi connectivity index (χ1v) is 8.58. The van der Waals surface area contributed by atoms with E-state index in [9.17, 15) is 8.76 Å². The Bertz CT molecular complexity index is 749. The lowest BCUT2D eigenvalue weighted by atomic mass is 10.1. The number of nitrogens with one attached hydrogen (secondary N) is 1. The lowest BCUT2D eigenvalue weighted by Crippen LogP contribution is -2.48. The molecule has 0 amide bonds. The molecular weight excluding hydrogens is 322 g/mol. The maximum atomic E-state index is 11.6. The van der Waals surface area contributed by atoms with E-state index >= 15 is 0 Å². The fourth-order valence-electron chi connectivity index (χ4n) is 1.93. The van der Waals surface area contributed by atoms with Crippen LogP contribution in [0.4, 0.5) is 5.82 Å². The van der Waals surface area contributed by atoms with Crippen molar-refractivity contribution in [2.45, 2.75) is 19.4 Å². The molecule has 0 bridgehead atoms. The molecule has 1 unspecified atom stereocenters. The number of hydrogen-bond donors (Lipinski definition) is 2. The monoisotopic (exact) mass is 343 g/mol. The molecule has 1 aromatic heterocycles. The highest BCUT2D eigenvalue weighted by molar-refractivity contribution is 7.80. The topological polar surface area (TPSA) is 65.5 Å². The van der Waals surface area contributed by atoms with Crippen LogP contribution < -0.4 is 9.62 Å². The van der Waals surface area contributed by atoms with Crippen molar-refractivity contribution in [3.8, 4) is 11.8 Å². The van der Waals surface area contributed by atoms with Crippen LogP contribution in [0, 0.1) is 11.8 Å². The van der Waals surface area contributed by atoms with Gasteiger partial charge in [0.05, 0.1) is 6.54 Å². The van der Waals surface area contributed by atoms with Crippen molar-refractivity contribution in [2.75, 3.05) is 17.9 Å². The number of rotatable bonds is 5. The third kappa shape index (κ3) is 5.17. The molecule has 0 aliphatic carbocycles.